The molecule has 124 valence electrons. The Hall–Kier alpha value is -2.44. The van der Waals surface area contributed by atoms with E-state index >= 15 is 0 Å². The zero-order valence-corrected chi connectivity index (χ0v) is 13.6. The van der Waals surface area contributed by atoms with Crippen LogP contribution in [0.2, 0.25) is 0 Å². The number of piperidine rings is 2. The van der Waals surface area contributed by atoms with Gasteiger partial charge in [0.25, 0.3) is 0 Å². The van der Waals surface area contributed by atoms with E-state index in [0.717, 1.165) is 5.56 Å². The molecule has 0 aromatic heterocycles. The van der Waals surface area contributed by atoms with Crippen molar-refractivity contribution < 1.29 is 23.8 Å². The molecule has 4 rings (SSSR count). The lowest BCUT2D eigenvalue weighted by molar-refractivity contribution is -0.149. The maximum absolute atomic E-state index is 12.3. The van der Waals surface area contributed by atoms with Crippen molar-refractivity contribution in [1.29, 1.82) is 0 Å². The fraction of sp³-hybridized carbons (Fsp3) is 0.500. The number of carbonyl (C=O) groups is 2. The zero-order valence-electron chi connectivity index (χ0n) is 13.6. The monoisotopic (exact) mass is 320 g/mol. The van der Waals surface area contributed by atoms with Crippen LogP contribution < -0.4 is 24.8 Å². The van der Waals surface area contributed by atoms with Gasteiger partial charge in [0.15, 0.2) is 11.5 Å². The average Bonchev–Trinajstić information content (AvgIpc) is 2.51. The van der Waals surface area contributed by atoms with Gasteiger partial charge in [-0.05, 0) is 19.4 Å². The van der Waals surface area contributed by atoms with E-state index in [1.807, 2.05) is 6.07 Å². The third-order valence-corrected chi connectivity index (χ3v) is 4.53. The molecule has 0 aliphatic carbocycles. The maximum Gasteiger partial charge on any atom is 0.235 e. The zero-order chi connectivity index (χ0) is 16.8. The predicted octanol–water partition coefficient (Wildman–Crippen LogP) is 0.778. The second-order valence-corrected chi connectivity index (χ2v) is 6.02. The normalized spacial score (nSPS) is 28.9. The summed E-state index contributed by atoms with van der Waals surface area (Å²) >= 11 is 0. The number of hydrogen-bond donors (Lipinski definition) is 2. The summed E-state index contributed by atoms with van der Waals surface area (Å²) in [4.78, 5) is 24.5. The van der Waals surface area contributed by atoms with Gasteiger partial charge in [0.05, 0.1) is 21.3 Å². The number of fused-ring (bicyclic) bond motifs is 3. The number of methoxy groups -OCH3 is 3. The molecule has 3 aliphatic rings. The van der Waals surface area contributed by atoms with Gasteiger partial charge in [-0.2, -0.15) is 0 Å². The Bertz CT molecular complexity index is 655. The van der Waals surface area contributed by atoms with Gasteiger partial charge in [-0.15, -0.1) is 0 Å². The van der Waals surface area contributed by atoms with E-state index in [1.165, 1.54) is 14.2 Å². The molecule has 3 fully saturated rings. The molecule has 3 aliphatic heterocycles. The van der Waals surface area contributed by atoms with Crippen LogP contribution >= 0.6 is 0 Å². The lowest BCUT2D eigenvalue weighted by atomic mass is 9.72. The van der Waals surface area contributed by atoms with Crippen LogP contribution in [0.5, 0.6) is 17.2 Å². The Labute approximate surface area is 134 Å². The molecule has 3 saturated heterocycles. The lowest BCUT2D eigenvalue weighted by Gasteiger charge is -2.48. The molecule has 0 radical (unpaired) electrons. The summed E-state index contributed by atoms with van der Waals surface area (Å²) in [6.07, 6.45) is 0.584. The predicted molar refractivity (Wildman–Crippen MR) is 81.6 cm³/mol. The molecule has 1 aromatic carbocycles. The summed E-state index contributed by atoms with van der Waals surface area (Å²) in [7, 11) is 4.60. The molecule has 3 heterocycles. The quantitative estimate of drug-likeness (QED) is 0.801. The number of ether oxygens (including phenoxy) is 3. The molecule has 0 saturated carbocycles. The Kier molecular flexibility index (Phi) is 3.58. The highest BCUT2D eigenvalue weighted by Crippen LogP contribution is 2.48. The number of hydrogen-bond acceptors (Lipinski definition) is 5. The topological polar surface area (TPSA) is 85.9 Å². The van der Waals surface area contributed by atoms with Crippen LogP contribution in [0.1, 0.15) is 24.8 Å². The van der Waals surface area contributed by atoms with Crippen molar-refractivity contribution in [2.45, 2.75) is 24.9 Å². The first kappa shape index (κ1) is 15.5. The third kappa shape index (κ3) is 2.27. The molecular weight excluding hydrogens is 300 g/mol. The molecule has 2 N–H and O–H groups in total. The van der Waals surface area contributed by atoms with Crippen LogP contribution in [0.4, 0.5) is 0 Å². The summed E-state index contributed by atoms with van der Waals surface area (Å²) in [5.41, 5.74) is 0.0252. The largest absolute Gasteiger partial charge is 0.493 e. The number of nitrogens with one attached hydrogen (secondary N) is 2. The Morgan fingerprint density at radius 3 is 2.09 bits per heavy atom. The van der Waals surface area contributed by atoms with Crippen molar-refractivity contribution in [3.8, 4) is 17.2 Å². The Morgan fingerprint density at radius 1 is 1.00 bits per heavy atom. The highest BCUT2D eigenvalue weighted by atomic mass is 16.5. The van der Waals surface area contributed by atoms with Crippen LogP contribution in [0, 0.1) is 5.92 Å². The minimum absolute atomic E-state index is 0.260. The van der Waals surface area contributed by atoms with Gasteiger partial charge in [0.2, 0.25) is 17.6 Å². The first-order chi connectivity index (χ1) is 10.9. The molecule has 2 amide bonds. The van der Waals surface area contributed by atoms with Gasteiger partial charge in [-0.1, -0.05) is 6.07 Å². The first-order valence-corrected chi connectivity index (χ1v) is 7.37. The van der Waals surface area contributed by atoms with Gasteiger partial charge in [0, 0.05) is 11.5 Å². The van der Waals surface area contributed by atoms with Gasteiger partial charge in [0.1, 0.15) is 11.6 Å². The number of carbonyl (C=O) groups excluding carboxylic acids is 2. The number of rotatable bonds is 4. The molecule has 0 spiro atoms. The van der Waals surface area contributed by atoms with E-state index in [9.17, 15) is 9.59 Å². The molecular formula is C16H20N2O5. The number of benzene rings is 1. The minimum Gasteiger partial charge on any atom is -0.493 e. The summed E-state index contributed by atoms with van der Waals surface area (Å²) in [6, 6.07) is 3.59. The second kappa shape index (κ2) is 5.33. The van der Waals surface area contributed by atoms with Crippen LogP contribution in [0.3, 0.4) is 0 Å². The fourth-order valence-corrected chi connectivity index (χ4v) is 3.58. The lowest BCUT2D eigenvalue weighted by Crippen LogP contribution is -2.72. The summed E-state index contributed by atoms with van der Waals surface area (Å²) in [6.45, 7) is 1.80. The van der Waals surface area contributed by atoms with Gasteiger partial charge >= 0.3 is 0 Å². The van der Waals surface area contributed by atoms with Crippen molar-refractivity contribution in [1.82, 2.24) is 10.6 Å². The van der Waals surface area contributed by atoms with Crippen LogP contribution in [0.15, 0.2) is 12.1 Å². The van der Waals surface area contributed by atoms with Crippen LogP contribution in [-0.2, 0) is 9.59 Å². The summed E-state index contributed by atoms with van der Waals surface area (Å²) in [5.74, 6) is -0.0857. The fourth-order valence-electron chi connectivity index (χ4n) is 3.58. The van der Waals surface area contributed by atoms with Gasteiger partial charge in [-0.3, -0.25) is 9.59 Å². The van der Waals surface area contributed by atoms with Gasteiger partial charge in [-0.25, -0.2) is 0 Å². The first-order valence-electron chi connectivity index (χ1n) is 7.37. The van der Waals surface area contributed by atoms with Crippen LogP contribution in [-0.4, -0.2) is 38.8 Å². The maximum atomic E-state index is 12.3. The number of amides is 2. The molecule has 2 bridgehead atoms. The van der Waals surface area contributed by atoms with E-state index < -0.39 is 11.6 Å². The van der Waals surface area contributed by atoms with E-state index in [1.54, 1.807) is 20.1 Å². The van der Waals surface area contributed by atoms with E-state index in [0.29, 0.717) is 23.7 Å². The van der Waals surface area contributed by atoms with Crippen molar-refractivity contribution in [3.05, 3.63) is 17.7 Å². The smallest absolute Gasteiger partial charge is 0.235 e. The highest BCUT2D eigenvalue weighted by molar-refractivity contribution is 6.05. The van der Waals surface area contributed by atoms with Crippen LogP contribution in [0.25, 0.3) is 0 Å². The Morgan fingerprint density at radius 2 is 1.61 bits per heavy atom. The SMILES string of the molecule is COc1ccc([C@H]2CC3(C)NC(=O)C2C(=O)N3)c(OC)c1OC. The Balaban J connectivity index is 2.12. The molecule has 7 nitrogen and oxygen atoms in total. The van der Waals surface area contributed by atoms with Crippen molar-refractivity contribution >= 4 is 11.8 Å². The van der Waals surface area contributed by atoms with E-state index in [2.05, 4.69) is 10.6 Å². The third-order valence-electron chi connectivity index (χ3n) is 4.53. The average molecular weight is 320 g/mol. The molecule has 1 atom stereocenters. The van der Waals surface area contributed by atoms with Crippen molar-refractivity contribution in [2.24, 2.45) is 5.92 Å². The van der Waals surface area contributed by atoms with E-state index in [4.69, 9.17) is 14.2 Å². The van der Waals surface area contributed by atoms with Crippen molar-refractivity contribution in [3.63, 3.8) is 0 Å². The molecule has 1 aromatic rings. The summed E-state index contributed by atoms with van der Waals surface area (Å²) in [5, 5.41) is 5.69. The van der Waals surface area contributed by atoms with Crippen molar-refractivity contribution in [2.75, 3.05) is 21.3 Å². The second-order valence-electron chi connectivity index (χ2n) is 6.02. The summed E-state index contributed by atoms with van der Waals surface area (Å²) < 4.78 is 16.2. The van der Waals surface area contributed by atoms with E-state index in [-0.39, 0.29) is 17.7 Å². The molecule has 23 heavy (non-hydrogen) atoms. The molecule has 7 heteroatoms. The molecule has 0 unspecified atom stereocenters. The standard InChI is InChI=1S/C16H20N2O5/c1-16-7-9(11(14(19)17-16)15(20)18-16)8-5-6-10(21-2)13(23-4)12(8)22-3/h5-6,9,11H,7H2,1-4H3,(H,17,19)(H,18,20)/t9-,11?,16?/m1/s1. The minimum atomic E-state index is -0.774. The highest BCUT2D eigenvalue weighted by Gasteiger charge is 2.53. The van der Waals surface area contributed by atoms with Gasteiger partial charge < -0.3 is 24.8 Å².